The lowest BCUT2D eigenvalue weighted by Crippen LogP contribution is -2.46. The van der Waals surface area contributed by atoms with Gasteiger partial charge in [-0.05, 0) is 24.3 Å². The third kappa shape index (κ3) is 1.94. The Kier molecular flexibility index (Phi) is 2.93. The van der Waals surface area contributed by atoms with Gasteiger partial charge in [0.1, 0.15) is 10.6 Å². The van der Waals surface area contributed by atoms with Crippen LogP contribution in [0.15, 0.2) is 11.4 Å². The van der Waals surface area contributed by atoms with Crippen molar-refractivity contribution in [2.75, 3.05) is 23.4 Å². The molecule has 0 aromatic carbocycles. The van der Waals surface area contributed by atoms with Crippen molar-refractivity contribution in [3.05, 3.63) is 11.4 Å². The van der Waals surface area contributed by atoms with Gasteiger partial charge in [0.2, 0.25) is 11.9 Å². The molecule has 2 atom stereocenters. The van der Waals surface area contributed by atoms with Gasteiger partial charge in [-0.1, -0.05) is 0 Å². The summed E-state index contributed by atoms with van der Waals surface area (Å²) in [5.74, 6) is 7.00. The van der Waals surface area contributed by atoms with Gasteiger partial charge in [0.05, 0.1) is 17.3 Å². The van der Waals surface area contributed by atoms with Gasteiger partial charge < -0.3 is 10.2 Å². The molecule has 8 heteroatoms. The van der Waals surface area contributed by atoms with Crippen LogP contribution in [0.2, 0.25) is 0 Å². The maximum absolute atomic E-state index is 11.9. The summed E-state index contributed by atoms with van der Waals surface area (Å²) in [4.78, 5) is 24.0. The number of nitrogens with two attached hydrogens (primary N) is 1. The van der Waals surface area contributed by atoms with Gasteiger partial charge in [-0.2, -0.15) is 4.98 Å². The first-order valence-corrected chi connectivity index (χ1v) is 7.92. The third-order valence-corrected chi connectivity index (χ3v) is 5.11. The first kappa shape index (κ1) is 12.8. The molecule has 2 fully saturated rings. The molecule has 7 nitrogen and oxygen atoms in total. The molecule has 0 aliphatic carbocycles. The van der Waals surface area contributed by atoms with Gasteiger partial charge in [0.15, 0.2) is 0 Å². The van der Waals surface area contributed by atoms with E-state index in [9.17, 15) is 4.79 Å². The summed E-state index contributed by atoms with van der Waals surface area (Å²) in [6.45, 7) is 1.59. The van der Waals surface area contributed by atoms with Crippen LogP contribution >= 0.6 is 11.3 Å². The lowest BCUT2D eigenvalue weighted by molar-refractivity contribution is -0.122. The van der Waals surface area contributed by atoms with Gasteiger partial charge in [-0.25, -0.2) is 10.8 Å². The fourth-order valence-electron chi connectivity index (χ4n) is 3.34. The number of carbonyl (C=O) groups is 1. The fourth-order valence-corrected chi connectivity index (χ4v) is 4.10. The molecule has 2 unspecified atom stereocenters. The molecule has 2 aromatic rings. The van der Waals surface area contributed by atoms with Crippen LogP contribution in [0, 0.1) is 5.92 Å². The van der Waals surface area contributed by atoms with E-state index in [0.29, 0.717) is 12.5 Å². The number of hydrogen-bond donors (Lipinski definition) is 3. The summed E-state index contributed by atoms with van der Waals surface area (Å²) in [7, 11) is 0. The smallest absolute Gasteiger partial charge is 0.240 e. The Balaban J connectivity index is 1.81. The third-order valence-electron chi connectivity index (χ3n) is 4.31. The molecule has 1 amide bonds. The van der Waals surface area contributed by atoms with Crippen LogP contribution in [0.3, 0.4) is 0 Å². The first-order chi connectivity index (χ1) is 10.3. The van der Waals surface area contributed by atoms with Gasteiger partial charge in [-0.15, -0.1) is 11.3 Å². The highest BCUT2D eigenvalue weighted by Crippen LogP contribution is 2.35. The Labute approximate surface area is 125 Å². The number of rotatable bonds is 2. The van der Waals surface area contributed by atoms with E-state index >= 15 is 0 Å². The van der Waals surface area contributed by atoms with Crippen LogP contribution in [-0.4, -0.2) is 35.0 Å². The predicted molar refractivity (Wildman–Crippen MR) is 82.1 cm³/mol. The molecule has 0 saturated carbocycles. The van der Waals surface area contributed by atoms with Gasteiger partial charge in [-0.3, -0.25) is 10.2 Å². The van der Waals surface area contributed by atoms with Crippen LogP contribution in [0.25, 0.3) is 10.2 Å². The molecule has 4 heterocycles. The summed E-state index contributed by atoms with van der Waals surface area (Å²) in [6, 6.07) is 2.21. The monoisotopic (exact) mass is 304 g/mol. The van der Waals surface area contributed by atoms with Crippen molar-refractivity contribution in [2.24, 2.45) is 11.8 Å². The number of nitrogens with one attached hydrogen (secondary N) is 2. The second kappa shape index (κ2) is 4.81. The molecule has 0 radical (unpaired) electrons. The van der Waals surface area contributed by atoms with Crippen LogP contribution in [0.1, 0.15) is 12.8 Å². The zero-order chi connectivity index (χ0) is 14.4. The minimum Gasteiger partial charge on any atom is -0.354 e. The highest BCUT2D eigenvalue weighted by molar-refractivity contribution is 7.16. The topological polar surface area (TPSA) is 96.2 Å². The number of fused-ring (bicyclic) bond motifs is 2. The van der Waals surface area contributed by atoms with Gasteiger partial charge >= 0.3 is 0 Å². The summed E-state index contributed by atoms with van der Waals surface area (Å²) in [5, 5.41) is 6.00. The maximum atomic E-state index is 11.9. The molecule has 4 rings (SSSR count). The molecule has 0 spiro atoms. The molecule has 2 aliphatic rings. The lowest BCUT2D eigenvalue weighted by atomic mass is 9.91. The van der Waals surface area contributed by atoms with Gasteiger partial charge in [0, 0.05) is 13.1 Å². The van der Waals surface area contributed by atoms with Crippen LogP contribution in [-0.2, 0) is 4.79 Å². The molecule has 4 N–H and O–H groups in total. The van der Waals surface area contributed by atoms with E-state index in [1.165, 1.54) is 0 Å². The molecule has 2 aliphatic heterocycles. The van der Waals surface area contributed by atoms with Gasteiger partial charge in [0.25, 0.3) is 0 Å². The van der Waals surface area contributed by atoms with Crippen molar-refractivity contribution in [1.29, 1.82) is 0 Å². The average molecular weight is 304 g/mol. The summed E-state index contributed by atoms with van der Waals surface area (Å²) in [6.07, 6.45) is 1.95. The van der Waals surface area contributed by atoms with E-state index in [0.717, 1.165) is 35.4 Å². The minimum atomic E-state index is 0.0664. The van der Waals surface area contributed by atoms with Crippen LogP contribution in [0.4, 0.5) is 11.8 Å². The Morgan fingerprint density at radius 1 is 1.48 bits per heavy atom. The number of nitrogens with zero attached hydrogens (tertiary/aromatic N) is 3. The molecule has 110 valence electrons. The van der Waals surface area contributed by atoms with Crippen molar-refractivity contribution in [2.45, 2.75) is 18.9 Å². The van der Waals surface area contributed by atoms with E-state index in [4.69, 9.17) is 5.84 Å². The summed E-state index contributed by atoms with van der Waals surface area (Å²) >= 11 is 1.56. The van der Waals surface area contributed by atoms with E-state index < -0.39 is 0 Å². The van der Waals surface area contributed by atoms with Crippen LogP contribution in [0.5, 0.6) is 0 Å². The van der Waals surface area contributed by atoms with E-state index in [1.807, 2.05) is 11.4 Å². The number of carbonyl (C=O) groups excluding carboxylic acids is 1. The van der Waals surface area contributed by atoms with E-state index in [2.05, 4.69) is 25.6 Å². The number of aromatic nitrogens is 2. The summed E-state index contributed by atoms with van der Waals surface area (Å²) in [5.41, 5.74) is 2.53. The number of amides is 1. The van der Waals surface area contributed by atoms with Crippen molar-refractivity contribution in [1.82, 2.24) is 15.3 Å². The predicted octanol–water partition coefficient (Wildman–Crippen LogP) is 0.692. The van der Waals surface area contributed by atoms with Crippen molar-refractivity contribution in [3.8, 4) is 0 Å². The standard InChI is InChI=1S/C13H16N6OS/c14-18-13-16-10(8-3-5-21-12(8)17-13)19-4-1-2-7-9(19)6-15-11(7)20/h3,5,7,9H,1-2,4,6,14H2,(H,15,20)(H,16,17,18). The molecular formula is C13H16N6OS. The Morgan fingerprint density at radius 2 is 2.38 bits per heavy atom. The number of piperidine rings is 1. The van der Waals surface area contributed by atoms with Crippen LogP contribution < -0.4 is 21.5 Å². The Hall–Kier alpha value is -1.93. The first-order valence-electron chi connectivity index (χ1n) is 7.04. The normalized spacial score (nSPS) is 25.0. The highest BCUT2D eigenvalue weighted by Gasteiger charge is 2.41. The zero-order valence-corrected chi connectivity index (χ0v) is 12.2. The second-order valence-corrected chi connectivity index (χ2v) is 6.30. The van der Waals surface area contributed by atoms with E-state index in [-0.39, 0.29) is 17.9 Å². The lowest BCUT2D eigenvalue weighted by Gasteiger charge is -2.37. The number of thiophene rings is 1. The Morgan fingerprint density at radius 3 is 3.24 bits per heavy atom. The maximum Gasteiger partial charge on any atom is 0.240 e. The number of hydrazine groups is 1. The Bertz CT molecular complexity index is 701. The molecule has 2 aromatic heterocycles. The largest absolute Gasteiger partial charge is 0.354 e. The van der Waals surface area contributed by atoms with E-state index in [1.54, 1.807) is 11.3 Å². The number of anilines is 2. The minimum absolute atomic E-state index is 0.0664. The second-order valence-electron chi connectivity index (χ2n) is 5.41. The van der Waals surface area contributed by atoms with Crippen molar-refractivity contribution in [3.63, 3.8) is 0 Å². The molecular weight excluding hydrogens is 288 g/mol. The highest BCUT2D eigenvalue weighted by atomic mass is 32.1. The molecule has 0 bridgehead atoms. The average Bonchev–Trinajstić information content (AvgIpc) is 3.13. The summed E-state index contributed by atoms with van der Waals surface area (Å²) < 4.78 is 0. The molecule has 21 heavy (non-hydrogen) atoms. The molecule has 2 saturated heterocycles. The number of nitrogen functional groups attached to an aromatic ring is 1. The van der Waals surface area contributed by atoms with Crippen molar-refractivity contribution >= 4 is 39.2 Å². The SMILES string of the molecule is NNc1nc(N2CCCC3C(=O)NCC32)c2ccsc2n1. The zero-order valence-electron chi connectivity index (χ0n) is 11.4. The number of hydrogen-bond acceptors (Lipinski definition) is 7. The quantitative estimate of drug-likeness (QED) is 0.558. The van der Waals surface area contributed by atoms with Crippen molar-refractivity contribution < 1.29 is 4.79 Å². The fraction of sp³-hybridized carbons (Fsp3) is 0.462.